The van der Waals surface area contributed by atoms with Crippen molar-refractivity contribution in [2.75, 3.05) is 17.2 Å². The lowest BCUT2D eigenvalue weighted by Gasteiger charge is -2.12. The van der Waals surface area contributed by atoms with Crippen LogP contribution in [-0.4, -0.2) is 18.4 Å². The molecule has 0 aliphatic carbocycles. The summed E-state index contributed by atoms with van der Waals surface area (Å²) in [6.45, 7) is 6.72. The summed E-state index contributed by atoms with van der Waals surface area (Å²) in [6, 6.07) is 12.3. The highest BCUT2D eigenvalue weighted by molar-refractivity contribution is 9.10. The molecule has 0 unspecified atom stereocenters. The van der Waals surface area contributed by atoms with Crippen LogP contribution in [0.4, 0.5) is 11.4 Å². The van der Waals surface area contributed by atoms with Crippen LogP contribution in [0.1, 0.15) is 44.0 Å². The van der Waals surface area contributed by atoms with Crippen molar-refractivity contribution >= 4 is 39.1 Å². The molecule has 2 aromatic carbocycles. The molecule has 2 rings (SSSR count). The second kappa shape index (κ2) is 10.1. The van der Waals surface area contributed by atoms with Gasteiger partial charge in [0.25, 0.3) is 5.91 Å². The molecule has 144 valence electrons. The quantitative estimate of drug-likeness (QED) is 0.580. The lowest BCUT2D eigenvalue weighted by molar-refractivity contribution is -0.116. The molecule has 2 aromatic rings. The van der Waals surface area contributed by atoms with Crippen LogP contribution in [0.3, 0.4) is 0 Å². The highest BCUT2D eigenvalue weighted by Crippen LogP contribution is 2.27. The Morgan fingerprint density at radius 2 is 1.78 bits per heavy atom. The van der Waals surface area contributed by atoms with E-state index >= 15 is 0 Å². The fourth-order valence-corrected chi connectivity index (χ4v) is 2.84. The first kappa shape index (κ1) is 21.0. The molecule has 0 bridgehead atoms. The van der Waals surface area contributed by atoms with E-state index in [-0.39, 0.29) is 11.8 Å². The fraction of sp³-hybridized carbons (Fsp3) is 0.333. The van der Waals surface area contributed by atoms with E-state index in [0.29, 0.717) is 41.6 Å². The van der Waals surface area contributed by atoms with Gasteiger partial charge in [-0.2, -0.15) is 0 Å². The second-order valence-corrected chi connectivity index (χ2v) is 7.54. The van der Waals surface area contributed by atoms with Gasteiger partial charge in [0.05, 0.1) is 11.1 Å². The Morgan fingerprint density at radius 3 is 2.41 bits per heavy atom. The first-order valence-electron chi connectivity index (χ1n) is 9.02. The normalized spacial score (nSPS) is 10.6. The van der Waals surface area contributed by atoms with Crippen molar-refractivity contribution in [3.8, 4) is 5.75 Å². The minimum absolute atomic E-state index is 0.0399. The third-order valence-electron chi connectivity index (χ3n) is 3.65. The number of nitrogens with one attached hydrogen (secondary N) is 2. The summed E-state index contributed by atoms with van der Waals surface area (Å²) in [5, 5.41) is 5.67. The van der Waals surface area contributed by atoms with Gasteiger partial charge in [-0.1, -0.05) is 26.8 Å². The van der Waals surface area contributed by atoms with Crippen LogP contribution >= 0.6 is 15.9 Å². The number of carbonyl (C=O) groups is 2. The van der Waals surface area contributed by atoms with Gasteiger partial charge in [-0.25, -0.2) is 0 Å². The number of hydrogen-bond acceptors (Lipinski definition) is 3. The van der Waals surface area contributed by atoms with Crippen molar-refractivity contribution in [3.63, 3.8) is 0 Å². The maximum Gasteiger partial charge on any atom is 0.255 e. The van der Waals surface area contributed by atoms with Crippen LogP contribution in [0.5, 0.6) is 5.75 Å². The van der Waals surface area contributed by atoms with Gasteiger partial charge < -0.3 is 15.4 Å². The predicted molar refractivity (Wildman–Crippen MR) is 112 cm³/mol. The Balaban J connectivity index is 2.04. The molecule has 5 nitrogen and oxygen atoms in total. The number of hydrogen-bond donors (Lipinski definition) is 2. The zero-order valence-electron chi connectivity index (χ0n) is 15.8. The highest BCUT2D eigenvalue weighted by atomic mass is 79.9. The zero-order chi connectivity index (χ0) is 19.8. The summed E-state index contributed by atoms with van der Waals surface area (Å²) in [5.74, 6) is 0.857. The summed E-state index contributed by atoms with van der Waals surface area (Å²) in [7, 11) is 0. The topological polar surface area (TPSA) is 67.4 Å². The standard InChI is InChI=1S/C21H25BrN2O3/c1-4-6-20(25)23-16-7-5-8-17(12-16)24-21(26)15-9-10-19(18(22)11-15)27-13-14(2)3/h5,7-12,14H,4,6,13H2,1-3H3,(H,23,25)(H,24,26). The fourth-order valence-electron chi connectivity index (χ4n) is 2.34. The SMILES string of the molecule is CCCC(=O)Nc1cccc(NC(=O)c2ccc(OCC(C)C)c(Br)c2)c1. The molecule has 0 atom stereocenters. The number of carbonyl (C=O) groups excluding carboxylic acids is 2. The molecule has 6 heteroatoms. The average molecular weight is 433 g/mol. The van der Waals surface area contributed by atoms with Crippen molar-refractivity contribution in [1.82, 2.24) is 0 Å². The van der Waals surface area contributed by atoms with Crippen LogP contribution in [-0.2, 0) is 4.79 Å². The first-order valence-corrected chi connectivity index (χ1v) is 9.82. The van der Waals surface area contributed by atoms with E-state index in [4.69, 9.17) is 4.74 Å². The number of halogens is 1. The van der Waals surface area contributed by atoms with E-state index < -0.39 is 0 Å². The van der Waals surface area contributed by atoms with Crippen molar-refractivity contribution in [3.05, 3.63) is 52.5 Å². The first-order chi connectivity index (χ1) is 12.9. The molecule has 2 amide bonds. The van der Waals surface area contributed by atoms with E-state index in [0.717, 1.165) is 10.9 Å². The smallest absolute Gasteiger partial charge is 0.255 e. The molecule has 0 radical (unpaired) electrons. The molecule has 0 spiro atoms. The van der Waals surface area contributed by atoms with Gasteiger partial charge in [0.15, 0.2) is 0 Å². The van der Waals surface area contributed by atoms with Gasteiger partial charge in [0.2, 0.25) is 5.91 Å². The summed E-state index contributed by atoms with van der Waals surface area (Å²) in [5.41, 5.74) is 1.79. The predicted octanol–water partition coefficient (Wildman–Crippen LogP) is 5.47. The van der Waals surface area contributed by atoms with Crippen LogP contribution in [0, 0.1) is 5.92 Å². The van der Waals surface area contributed by atoms with E-state index in [1.165, 1.54) is 0 Å². The highest BCUT2D eigenvalue weighted by Gasteiger charge is 2.11. The van der Waals surface area contributed by atoms with Gasteiger partial charge >= 0.3 is 0 Å². The van der Waals surface area contributed by atoms with E-state index in [1.54, 1.807) is 42.5 Å². The monoisotopic (exact) mass is 432 g/mol. The Hall–Kier alpha value is -2.34. The van der Waals surface area contributed by atoms with Gasteiger partial charge in [0.1, 0.15) is 5.75 Å². The van der Waals surface area contributed by atoms with Crippen LogP contribution in [0.2, 0.25) is 0 Å². The van der Waals surface area contributed by atoms with Crippen LogP contribution < -0.4 is 15.4 Å². The molecule has 0 aliphatic rings. The average Bonchev–Trinajstić information content (AvgIpc) is 2.61. The lowest BCUT2D eigenvalue weighted by Crippen LogP contribution is -2.13. The molecule has 2 N–H and O–H groups in total. The number of ether oxygens (including phenoxy) is 1. The summed E-state index contributed by atoms with van der Waals surface area (Å²) in [6.07, 6.45) is 1.25. The Bertz CT molecular complexity index is 806. The van der Waals surface area contributed by atoms with E-state index in [2.05, 4.69) is 40.4 Å². The maximum absolute atomic E-state index is 12.5. The molecule has 0 heterocycles. The van der Waals surface area contributed by atoms with Gasteiger partial charge in [0, 0.05) is 23.4 Å². The second-order valence-electron chi connectivity index (χ2n) is 6.68. The molecule has 27 heavy (non-hydrogen) atoms. The lowest BCUT2D eigenvalue weighted by atomic mass is 10.2. The van der Waals surface area contributed by atoms with Crippen molar-refractivity contribution in [1.29, 1.82) is 0 Å². The number of rotatable bonds is 8. The zero-order valence-corrected chi connectivity index (χ0v) is 17.4. The Labute approximate surface area is 168 Å². The van der Waals surface area contributed by atoms with Crippen molar-refractivity contribution in [2.24, 2.45) is 5.92 Å². The number of amides is 2. The molecule has 0 saturated heterocycles. The number of benzene rings is 2. The minimum atomic E-state index is -0.233. The number of anilines is 2. The van der Waals surface area contributed by atoms with E-state index in [1.807, 2.05) is 6.92 Å². The summed E-state index contributed by atoms with van der Waals surface area (Å²) < 4.78 is 6.44. The third-order valence-corrected chi connectivity index (χ3v) is 4.27. The van der Waals surface area contributed by atoms with Crippen molar-refractivity contribution < 1.29 is 14.3 Å². The van der Waals surface area contributed by atoms with E-state index in [9.17, 15) is 9.59 Å². The van der Waals surface area contributed by atoms with Gasteiger partial charge in [-0.05, 0) is 64.7 Å². The molecule has 0 saturated carbocycles. The molecular weight excluding hydrogens is 408 g/mol. The van der Waals surface area contributed by atoms with Crippen molar-refractivity contribution in [2.45, 2.75) is 33.6 Å². The maximum atomic E-state index is 12.5. The Morgan fingerprint density at radius 1 is 1.07 bits per heavy atom. The van der Waals surface area contributed by atoms with Gasteiger partial charge in [-0.15, -0.1) is 0 Å². The van der Waals surface area contributed by atoms with Gasteiger partial charge in [-0.3, -0.25) is 9.59 Å². The summed E-state index contributed by atoms with van der Waals surface area (Å²) >= 11 is 3.45. The van der Waals surface area contributed by atoms with Crippen LogP contribution in [0.25, 0.3) is 0 Å². The molecular formula is C21H25BrN2O3. The third kappa shape index (κ3) is 6.71. The summed E-state index contributed by atoms with van der Waals surface area (Å²) in [4.78, 5) is 24.2. The molecule has 0 aliphatic heterocycles. The minimum Gasteiger partial charge on any atom is -0.492 e. The Kier molecular flexibility index (Phi) is 7.85. The van der Waals surface area contributed by atoms with Crippen LogP contribution in [0.15, 0.2) is 46.9 Å². The largest absolute Gasteiger partial charge is 0.492 e. The molecule has 0 fully saturated rings. The molecule has 0 aromatic heterocycles.